The molecule has 2 rings (SSSR count). The summed E-state index contributed by atoms with van der Waals surface area (Å²) in [5.74, 6) is 0.486. The lowest BCUT2D eigenvalue weighted by molar-refractivity contribution is 0.00554. The van der Waals surface area contributed by atoms with E-state index in [1.165, 1.54) is 16.7 Å². The molecule has 3 heteroatoms. The fraction of sp³-hybridized carbons (Fsp3) is 0.455. The Morgan fingerprint density at radius 1 is 0.880 bits per heavy atom. The average Bonchev–Trinajstić information content (AvgIpc) is 2.57. The smallest absolute Gasteiger partial charge is 0.0900 e. The summed E-state index contributed by atoms with van der Waals surface area (Å²) < 4.78 is 5.60. The summed E-state index contributed by atoms with van der Waals surface area (Å²) in [6.07, 6.45) is -0.479. The van der Waals surface area contributed by atoms with Crippen molar-refractivity contribution in [3.05, 3.63) is 71.3 Å². The molecule has 136 valence electrons. The first kappa shape index (κ1) is 19.6. The molecule has 0 amide bonds. The lowest BCUT2D eigenvalue weighted by Gasteiger charge is -2.25. The predicted octanol–water partition coefficient (Wildman–Crippen LogP) is 4.03. The molecule has 0 aliphatic carbocycles. The normalized spacial score (nSPS) is 12.7. The molecule has 3 nitrogen and oxygen atoms in total. The van der Waals surface area contributed by atoms with Crippen molar-refractivity contribution in [1.82, 2.24) is 4.90 Å². The van der Waals surface area contributed by atoms with E-state index >= 15 is 0 Å². The number of nitrogens with zero attached hydrogens (tertiary/aromatic N) is 1. The molecule has 0 radical (unpaired) electrons. The Hall–Kier alpha value is -1.68. The molecule has 0 unspecified atom stereocenters. The highest BCUT2D eigenvalue weighted by Crippen LogP contribution is 2.12. The van der Waals surface area contributed by atoms with Gasteiger partial charge in [-0.25, -0.2) is 0 Å². The molecule has 2 aromatic rings. The first-order valence-corrected chi connectivity index (χ1v) is 9.10. The molecule has 0 fully saturated rings. The van der Waals surface area contributed by atoms with Gasteiger partial charge in [0.05, 0.1) is 12.7 Å². The van der Waals surface area contributed by atoms with Crippen molar-refractivity contribution in [1.29, 1.82) is 0 Å². The number of ether oxygens (including phenoxy) is 1. The van der Waals surface area contributed by atoms with Crippen LogP contribution in [0.4, 0.5) is 0 Å². The third-order valence-electron chi connectivity index (χ3n) is 4.01. The van der Waals surface area contributed by atoms with Crippen LogP contribution >= 0.6 is 0 Å². The molecular weight excluding hydrogens is 310 g/mol. The number of aryl methyl sites for hydroxylation is 1. The zero-order chi connectivity index (χ0) is 18.1. The van der Waals surface area contributed by atoms with Gasteiger partial charge in [-0.15, -0.1) is 0 Å². The summed E-state index contributed by atoms with van der Waals surface area (Å²) in [6.45, 7) is 9.64. The Bertz CT molecular complexity index is 595. The monoisotopic (exact) mass is 341 g/mol. The van der Waals surface area contributed by atoms with Crippen LogP contribution in [-0.2, 0) is 17.8 Å². The zero-order valence-electron chi connectivity index (χ0n) is 15.7. The highest BCUT2D eigenvalue weighted by atomic mass is 16.5. The van der Waals surface area contributed by atoms with Gasteiger partial charge in [-0.05, 0) is 24.0 Å². The molecule has 25 heavy (non-hydrogen) atoms. The standard InChI is InChI=1S/C22H31NO2/c1-18(2)16-25-17-22(24)15-23(13-20-7-5-4-6-8-20)14-21-11-9-19(3)10-12-21/h4-12,18,22,24H,13-17H2,1-3H3/t22-/m1/s1. The summed E-state index contributed by atoms with van der Waals surface area (Å²) in [7, 11) is 0. The molecule has 0 aliphatic rings. The van der Waals surface area contributed by atoms with Gasteiger partial charge in [-0.3, -0.25) is 4.90 Å². The minimum absolute atomic E-state index is 0.386. The number of aliphatic hydroxyl groups is 1. The first-order valence-electron chi connectivity index (χ1n) is 9.10. The fourth-order valence-corrected chi connectivity index (χ4v) is 2.77. The van der Waals surface area contributed by atoms with Crippen LogP contribution < -0.4 is 0 Å². The van der Waals surface area contributed by atoms with Crippen molar-refractivity contribution in [2.45, 2.75) is 40.0 Å². The lowest BCUT2D eigenvalue weighted by Crippen LogP contribution is -2.34. The third kappa shape index (κ3) is 7.82. The molecule has 0 spiro atoms. The van der Waals surface area contributed by atoms with E-state index < -0.39 is 6.10 Å². The molecule has 0 saturated heterocycles. The van der Waals surface area contributed by atoms with Crippen LogP contribution in [-0.4, -0.2) is 35.9 Å². The molecule has 1 atom stereocenters. The van der Waals surface area contributed by atoms with Crippen molar-refractivity contribution in [3.8, 4) is 0 Å². The molecular formula is C22H31NO2. The van der Waals surface area contributed by atoms with E-state index in [-0.39, 0.29) is 0 Å². The quantitative estimate of drug-likeness (QED) is 0.708. The van der Waals surface area contributed by atoms with Gasteiger partial charge >= 0.3 is 0 Å². The Kier molecular flexibility index (Phi) is 8.13. The van der Waals surface area contributed by atoms with Gasteiger partial charge in [0.25, 0.3) is 0 Å². The van der Waals surface area contributed by atoms with Crippen molar-refractivity contribution in [2.75, 3.05) is 19.8 Å². The van der Waals surface area contributed by atoms with Gasteiger partial charge < -0.3 is 9.84 Å². The van der Waals surface area contributed by atoms with Crippen LogP contribution in [0.15, 0.2) is 54.6 Å². The van der Waals surface area contributed by atoms with E-state index in [0.717, 1.165) is 13.1 Å². The number of rotatable bonds is 10. The molecule has 0 bridgehead atoms. The van der Waals surface area contributed by atoms with Crippen LogP contribution in [0.5, 0.6) is 0 Å². The number of benzene rings is 2. The Morgan fingerprint density at radius 3 is 2.08 bits per heavy atom. The lowest BCUT2D eigenvalue weighted by atomic mass is 10.1. The Balaban J connectivity index is 1.96. The highest BCUT2D eigenvalue weighted by molar-refractivity contribution is 5.21. The largest absolute Gasteiger partial charge is 0.389 e. The second-order valence-corrected chi connectivity index (χ2v) is 7.23. The molecule has 0 aromatic heterocycles. The SMILES string of the molecule is Cc1ccc(CN(Cc2ccccc2)C[C@@H](O)COCC(C)C)cc1. The third-order valence-corrected chi connectivity index (χ3v) is 4.01. The minimum Gasteiger partial charge on any atom is -0.389 e. The van der Waals surface area contributed by atoms with Crippen LogP contribution in [0.2, 0.25) is 0 Å². The maximum absolute atomic E-state index is 10.4. The van der Waals surface area contributed by atoms with Crippen LogP contribution in [0.1, 0.15) is 30.5 Å². The molecule has 1 N–H and O–H groups in total. The maximum atomic E-state index is 10.4. The number of aliphatic hydroxyl groups excluding tert-OH is 1. The number of hydrogen-bond acceptors (Lipinski definition) is 3. The molecule has 2 aromatic carbocycles. The number of hydrogen-bond donors (Lipinski definition) is 1. The minimum atomic E-state index is -0.479. The predicted molar refractivity (Wildman–Crippen MR) is 103 cm³/mol. The van der Waals surface area contributed by atoms with Crippen molar-refractivity contribution < 1.29 is 9.84 Å². The van der Waals surface area contributed by atoms with E-state index in [1.807, 2.05) is 6.07 Å². The van der Waals surface area contributed by atoms with Crippen molar-refractivity contribution in [2.24, 2.45) is 5.92 Å². The van der Waals surface area contributed by atoms with E-state index in [4.69, 9.17) is 4.74 Å². The average molecular weight is 341 g/mol. The Labute approximate surface area is 152 Å². The zero-order valence-corrected chi connectivity index (χ0v) is 15.7. The first-order chi connectivity index (χ1) is 12.0. The summed E-state index contributed by atoms with van der Waals surface area (Å²) >= 11 is 0. The van der Waals surface area contributed by atoms with Crippen molar-refractivity contribution >= 4 is 0 Å². The second kappa shape index (κ2) is 10.3. The van der Waals surface area contributed by atoms with Crippen LogP contribution in [0.25, 0.3) is 0 Å². The molecule has 0 heterocycles. The fourth-order valence-electron chi connectivity index (χ4n) is 2.77. The molecule has 0 saturated carbocycles. The summed E-state index contributed by atoms with van der Waals surface area (Å²) in [4.78, 5) is 2.28. The van der Waals surface area contributed by atoms with E-state index in [1.54, 1.807) is 0 Å². The summed E-state index contributed by atoms with van der Waals surface area (Å²) in [5.41, 5.74) is 3.78. The Morgan fingerprint density at radius 2 is 1.48 bits per heavy atom. The van der Waals surface area contributed by atoms with Gasteiger partial charge in [0, 0.05) is 26.2 Å². The highest BCUT2D eigenvalue weighted by Gasteiger charge is 2.13. The summed E-state index contributed by atoms with van der Waals surface area (Å²) in [6, 6.07) is 19.0. The summed E-state index contributed by atoms with van der Waals surface area (Å²) in [5, 5.41) is 10.4. The van der Waals surface area contributed by atoms with E-state index in [9.17, 15) is 5.11 Å². The van der Waals surface area contributed by atoms with Gasteiger partial charge in [-0.2, -0.15) is 0 Å². The second-order valence-electron chi connectivity index (χ2n) is 7.23. The van der Waals surface area contributed by atoms with Crippen LogP contribution in [0, 0.1) is 12.8 Å². The van der Waals surface area contributed by atoms with Crippen LogP contribution in [0.3, 0.4) is 0 Å². The molecule has 0 aliphatic heterocycles. The van der Waals surface area contributed by atoms with Gasteiger partial charge in [-0.1, -0.05) is 74.0 Å². The van der Waals surface area contributed by atoms with E-state index in [0.29, 0.717) is 25.7 Å². The topological polar surface area (TPSA) is 32.7 Å². The van der Waals surface area contributed by atoms with Gasteiger partial charge in [0.2, 0.25) is 0 Å². The van der Waals surface area contributed by atoms with E-state index in [2.05, 4.69) is 74.2 Å². The van der Waals surface area contributed by atoms with Gasteiger partial charge in [0.15, 0.2) is 0 Å². The van der Waals surface area contributed by atoms with Gasteiger partial charge in [0.1, 0.15) is 0 Å². The van der Waals surface area contributed by atoms with Crippen molar-refractivity contribution in [3.63, 3.8) is 0 Å². The maximum Gasteiger partial charge on any atom is 0.0900 e.